The highest BCUT2D eigenvalue weighted by Crippen LogP contribution is 2.34. The summed E-state index contributed by atoms with van der Waals surface area (Å²) in [6, 6.07) is 20.8. The molecule has 2 rings (SSSR count). The minimum atomic E-state index is 1.10. The summed E-state index contributed by atoms with van der Waals surface area (Å²) >= 11 is 1.71. The van der Waals surface area contributed by atoms with E-state index < -0.39 is 0 Å². The fourth-order valence-electron chi connectivity index (χ4n) is 1.66. The van der Waals surface area contributed by atoms with Gasteiger partial charge in [0.2, 0.25) is 0 Å². The molecule has 0 atom stereocenters. The Morgan fingerprint density at radius 1 is 0.944 bits per heavy atom. The van der Waals surface area contributed by atoms with E-state index in [9.17, 15) is 0 Å². The SMILES string of the molecule is C=C(C)S/C(=C\c1ccccc1)c1ccccc1. The minimum absolute atomic E-state index is 1.10. The van der Waals surface area contributed by atoms with E-state index in [0.717, 1.165) is 4.91 Å². The van der Waals surface area contributed by atoms with Crippen LogP contribution in [0.15, 0.2) is 72.1 Å². The molecule has 2 aromatic carbocycles. The van der Waals surface area contributed by atoms with Crippen LogP contribution in [-0.2, 0) is 0 Å². The van der Waals surface area contributed by atoms with Crippen molar-refractivity contribution in [1.82, 2.24) is 0 Å². The smallest absolute Gasteiger partial charge is 0.0197 e. The third kappa shape index (κ3) is 3.64. The topological polar surface area (TPSA) is 0 Å². The van der Waals surface area contributed by atoms with Crippen molar-refractivity contribution in [2.24, 2.45) is 0 Å². The van der Waals surface area contributed by atoms with Crippen LogP contribution in [0.1, 0.15) is 18.1 Å². The summed E-state index contributed by atoms with van der Waals surface area (Å²) in [7, 11) is 0. The van der Waals surface area contributed by atoms with Crippen LogP contribution in [0.25, 0.3) is 11.0 Å². The molecule has 0 spiro atoms. The Balaban J connectivity index is 2.37. The Morgan fingerprint density at radius 3 is 2.06 bits per heavy atom. The third-order valence-corrected chi connectivity index (χ3v) is 3.36. The zero-order valence-corrected chi connectivity index (χ0v) is 11.3. The van der Waals surface area contributed by atoms with E-state index in [1.54, 1.807) is 11.8 Å². The molecule has 0 saturated heterocycles. The van der Waals surface area contributed by atoms with Gasteiger partial charge in [-0.3, -0.25) is 0 Å². The van der Waals surface area contributed by atoms with Gasteiger partial charge < -0.3 is 0 Å². The average Bonchev–Trinajstić information content (AvgIpc) is 2.40. The molecule has 0 nitrogen and oxygen atoms in total. The van der Waals surface area contributed by atoms with Crippen molar-refractivity contribution < 1.29 is 0 Å². The molecule has 2 aromatic rings. The molecule has 0 heterocycles. The number of allylic oxidation sites excluding steroid dienone is 1. The lowest BCUT2D eigenvalue weighted by Crippen LogP contribution is -1.80. The first-order valence-corrected chi connectivity index (χ1v) is 6.73. The minimum Gasteiger partial charge on any atom is -0.0948 e. The predicted octanol–water partition coefficient (Wildman–Crippen LogP) is 5.45. The Bertz CT molecular complexity index is 538. The van der Waals surface area contributed by atoms with E-state index in [2.05, 4.69) is 61.2 Å². The summed E-state index contributed by atoms with van der Waals surface area (Å²) < 4.78 is 0. The summed E-state index contributed by atoms with van der Waals surface area (Å²) in [5, 5.41) is 0. The molecular formula is C17H16S. The largest absolute Gasteiger partial charge is 0.0948 e. The van der Waals surface area contributed by atoms with Crippen LogP contribution < -0.4 is 0 Å². The number of thioether (sulfide) groups is 1. The van der Waals surface area contributed by atoms with Crippen molar-refractivity contribution in [3.63, 3.8) is 0 Å². The van der Waals surface area contributed by atoms with Crippen LogP contribution in [0.2, 0.25) is 0 Å². The highest BCUT2D eigenvalue weighted by molar-refractivity contribution is 8.11. The maximum atomic E-state index is 3.98. The summed E-state index contributed by atoms with van der Waals surface area (Å²) in [6.45, 7) is 6.02. The summed E-state index contributed by atoms with van der Waals surface area (Å²) in [5.41, 5.74) is 2.44. The third-order valence-electron chi connectivity index (χ3n) is 2.44. The molecule has 1 heteroatoms. The lowest BCUT2D eigenvalue weighted by molar-refractivity contribution is 1.64. The zero-order chi connectivity index (χ0) is 12.8. The normalized spacial score (nSPS) is 11.3. The number of benzene rings is 2. The van der Waals surface area contributed by atoms with Gasteiger partial charge in [0, 0.05) is 4.91 Å². The maximum absolute atomic E-state index is 3.98. The molecule has 0 fully saturated rings. The fourth-order valence-corrected chi connectivity index (χ4v) is 2.49. The van der Waals surface area contributed by atoms with E-state index in [1.807, 2.05) is 19.1 Å². The van der Waals surface area contributed by atoms with E-state index in [-0.39, 0.29) is 0 Å². The lowest BCUT2D eigenvalue weighted by atomic mass is 10.1. The van der Waals surface area contributed by atoms with Crippen LogP contribution in [-0.4, -0.2) is 0 Å². The van der Waals surface area contributed by atoms with Crippen molar-refractivity contribution in [3.8, 4) is 0 Å². The predicted molar refractivity (Wildman–Crippen MR) is 83.2 cm³/mol. The number of hydrogen-bond acceptors (Lipinski definition) is 1. The molecule has 0 aliphatic carbocycles. The zero-order valence-electron chi connectivity index (χ0n) is 10.5. The first-order valence-electron chi connectivity index (χ1n) is 5.91. The van der Waals surface area contributed by atoms with Gasteiger partial charge in [-0.1, -0.05) is 79.0 Å². The van der Waals surface area contributed by atoms with E-state index in [0.29, 0.717) is 0 Å². The first kappa shape index (κ1) is 12.7. The van der Waals surface area contributed by atoms with Gasteiger partial charge in [-0.05, 0) is 29.0 Å². The summed E-state index contributed by atoms with van der Waals surface area (Å²) in [5.74, 6) is 0. The van der Waals surface area contributed by atoms with Gasteiger partial charge in [0.05, 0.1) is 0 Å². The van der Waals surface area contributed by atoms with Crippen molar-refractivity contribution in [2.75, 3.05) is 0 Å². The number of hydrogen-bond donors (Lipinski definition) is 0. The second-order valence-electron chi connectivity index (χ2n) is 4.09. The molecule has 0 radical (unpaired) electrons. The average molecular weight is 252 g/mol. The molecule has 0 aromatic heterocycles. The van der Waals surface area contributed by atoms with Gasteiger partial charge in [-0.15, -0.1) is 0 Å². The second-order valence-corrected chi connectivity index (χ2v) is 5.43. The fraction of sp³-hybridized carbons (Fsp3) is 0.0588. The van der Waals surface area contributed by atoms with Crippen molar-refractivity contribution in [1.29, 1.82) is 0 Å². The van der Waals surface area contributed by atoms with Crippen LogP contribution in [0, 0.1) is 0 Å². The molecule has 0 N–H and O–H groups in total. The van der Waals surface area contributed by atoms with Gasteiger partial charge >= 0.3 is 0 Å². The van der Waals surface area contributed by atoms with Gasteiger partial charge in [0.15, 0.2) is 0 Å². The maximum Gasteiger partial charge on any atom is 0.0197 e. The molecule has 0 aliphatic rings. The molecule has 18 heavy (non-hydrogen) atoms. The Morgan fingerprint density at radius 2 is 1.50 bits per heavy atom. The highest BCUT2D eigenvalue weighted by Gasteiger charge is 2.02. The standard InChI is InChI=1S/C17H16S/c1-14(2)18-17(16-11-7-4-8-12-16)13-15-9-5-3-6-10-15/h3-13H,1H2,2H3/b17-13-. The molecular weight excluding hydrogens is 236 g/mol. The van der Waals surface area contributed by atoms with Crippen LogP contribution >= 0.6 is 11.8 Å². The van der Waals surface area contributed by atoms with Crippen LogP contribution in [0.4, 0.5) is 0 Å². The molecule has 90 valence electrons. The second kappa shape index (κ2) is 6.27. The molecule has 0 saturated carbocycles. The van der Waals surface area contributed by atoms with E-state index in [1.165, 1.54) is 16.0 Å². The molecule has 0 amide bonds. The van der Waals surface area contributed by atoms with Crippen molar-refractivity contribution in [2.45, 2.75) is 6.92 Å². The quantitative estimate of drug-likeness (QED) is 0.652. The van der Waals surface area contributed by atoms with E-state index >= 15 is 0 Å². The Labute approximate surface area is 113 Å². The summed E-state index contributed by atoms with van der Waals surface area (Å²) in [6.07, 6.45) is 2.20. The van der Waals surface area contributed by atoms with Crippen LogP contribution in [0.3, 0.4) is 0 Å². The molecule has 0 aliphatic heterocycles. The van der Waals surface area contributed by atoms with Gasteiger partial charge in [-0.25, -0.2) is 0 Å². The molecule has 0 unspecified atom stereocenters. The van der Waals surface area contributed by atoms with Crippen LogP contribution in [0.5, 0.6) is 0 Å². The van der Waals surface area contributed by atoms with Crippen molar-refractivity contribution >= 4 is 22.7 Å². The first-order chi connectivity index (χ1) is 8.75. The number of rotatable bonds is 4. The highest BCUT2D eigenvalue weighted by atomic mass is 32.2. The van der Waals surface area contributed by atoms with Gasteiger partial charge in [-0.2, -0.15) is 0 Å². The van der Waals surface area contributed by atoms with Gasteiger partial charge in [0.25, 0.3) is 0 Å². The molecule has 0 bridgehead atoms. The Hall–Kier alpha value is -1.73. The lowest BCUT2D eigenvalue weighted by Gasteiger charge is -2.07. The Kier molecular flexibility index (Phi) is 4.43. The summed E-state index contributed by atoms with van der Waals surface area (Å²) in [4.78, 5) is 2.33. The van der Waals surface area contributed by atoms with Gasteiger partial charge in [0.1, 0.15) is 0 Å². The van der Waals surface area contributed by atoms with Crippen molar-refractivity contribution in [3.05, 3.63) is 83.3 Å². The monoisotopic (exact) mass is 252 g/mol. The van der Waals surface area contributed by atoms with E-state index in [4.69, 9.17) is 0 Å².